The largest absolute Gasteiger partial charge is 0.383 e. The van der Waals surface area contributed by atoms with Crippen molar-refractivity contribution in [1.29, 1.82) is 0 Å². The van der Waals surface area contributed by atoms with Crippen LogP contribution in [-0.4, -0.2) is 19.7 Å². The Morgan fingerprint density at radius 3 is 2.75 bits per heavy atom. The predicted octanol–water partition coefficient (Wildman–Crippen LogP) is 1.56. The van der Waals surface area contributed by atoms with E-state index in [1.165, 1.54) is 0 Å². The summed E-state index contributed by atoms with van der Waals surface area (Å²) in [4.78, 5) is 8.57. The number of hydrogen-bond acceptors (Lipinski definition) is 4. The van der Waals surface area contributed by atoms with Crippen molar-refractivity contribution in [3.05, 3.63) is 23.7 Å². The van der Waals surface area contributed by atoms with Crippen LogP contribution in [0.2, 0.25) is 0 Å². The molecule has 2 N–H and O–H groups in total. The van der Waals surface area contributed by atoms with Gasteiger partial charge in [0.15, 0.2) is 0 Å². The highest BCUT2D eigenvalue weighted by Crippen LogP contribution is 2.23. The molecule has 0 radical (unpaired) electrons. The van der Waals surface area contributed by atoms with Crippen LogP contribution < -0.4 is 5.73 Å². The van der Waals surface area contributed by atoms with Gasteiger partial charge in [0.1, 0.15) is 11.6 Å². The van der Waals surface area contributed by atoms with Gasteiger partial charge in [0.25, 0.3) is 0 Å². The molecular formula is C11H15N5. The minimum Gasteiger partial charge on any atom is -0.383 e. The Labute approximate surface area is 94.3 Å². The van der Waals surface area contributed by atoms with E-state index in [1.807, 2.05) is 31.5 Å². The fraction of sp³-hybridized carbons (Fsp3) is 0.364. The standard InChI is InChI=1S/C11H15N5/c1-4-16-9(5-6-13-16)10-7(2)11(12)15-8(3)14-10/h5-6H,4H2,1-3H3,(H2,12,14,15). The topological polar surface area (TPSA) is 69.6 Å². The van der Waals surface area contributed by atoms with Crippen LogP contribution in [0.25, 0.3) is 11.4 Å². The molecule has 0 aliphatic heterocycles. The summed E-state index contributed by atoms with van der Waals surface area (Å²) in [5.41, 5.74) is 8.59. The minimum atomic E-state index is 0.534. The van der Waals surface area contributed by atoms with Crippen molar-refractivity contribution < 1.29 is 0 Å². The third kappa shape index (κ3) is 1.64. The summed E-state index contributed by atoms with van der Waals surface area (Å²) in [6.07, 6.45) is 1.77. The second kappa shape index (κ2) is 3.92. The van der Waals surface area contributed by atoms with Gasteiger partial charge < -0.3 is 5.73 Å². The molecule has 0 spiro atoms. The van der Waals surface area contributed by atoms with E-state index in [0.717, 1.165) is 23.5 Å². The third-order valence-electron chi connectivity index (χ3n) is 2.55. The summed E-state index contributed by atoms with van der Waals surface area (Å²) in [6.45, 7) is 6.62. The number of rotatable bonds is 2. The molecule has 2 heterocycles. The highest BCUT2D eigenvalue weighted by molar-refractivity contribution is 5.64. The van der Waals surface area contributed by atoms with Crippen molar-refractivity contribution in [2.45, 2.75) is 27.3 Å². The molecule has 16 heavy (non-hydrogen) atoms. The Bertz CT molecular complexity index is 515. The lowest BCUT2D eigenvalue weighted by Gasteiger charge is -2.09. The second-order valence-electron chi connectivity index (χ2n) is 3.66. The highest BCUT2D eigenvalue weighted by Gasteiger charge is 2.12. The molecule has 2 aromatic heterocycles. The summed E-state index contributed by atoms with van der Waals surface area (Å²) in [7, 11) is 0. The van der Waals surface area contributed by atoms with Gasteiger partial charge in [-0.05, 0) is 26.8 Å². The zero-order valence-electron chi connectivity index (χ0n) is 9.73. The van der Waals surface area contributed by atoms with Crippen molar-refractivity contribution in [1.82, 2.24) is 19.7 Å². The number of nitrogens with two attached hydrogens (primary N) is 1. The van der Waals surface area contributed by atoms with Crippen LogP contribution >= 0.6 is 0 Å². The Hall–Kier alpha value is -1.91. The molecule has 0 aliphatic carbocycles. The van der Waals surface area contributed by atoms with Crippen LogP contribution in [0.1, 0.15) is 18.3 Å². The molecule has 0 atom stereocenters. The van der Waals surface area contributed by atoms with Crippen LogP contribution in [0.3, 0.4) is 0 Å². The van der Waals surface area contributed by atoms with Crippen molar-refractivity contribution in [3.63, 3.8) is 0 Å². The van der Waals surface area contributed by atoms with Crippen LogP contribution in [0, 0.1) is 13.8 Å². The molecule has 0 fully saturated rings. The van der Waals surface area contributed by atoms with Crippen molar-refractivity contribution >= 4 is 5.82 Å². The van der Waals surface area contributed by atoms with E-state index in [4.69, 9.17) is 5.73 Å². The van der Waals surface area contributed by atoms with Crippen molar-refractivity contribution in [3.8, 4) is 11.4 Å². The fourth-order valence-corrected chi connectivity index (χ4v) is 1.69. The molecule has 0 aliphatic rings. The highest BCUT2D eigenvalue weighted by atomic mass is 15.3. The number of hydrogen-bond donors (Lipinski definition) is 1. The zero-order chi connectivity index (χ0) is 11.7. The Morgan fingerprint density at radius 1 is 1.31 bits per heavy atom. The van der Waals surface area contributed by atoms with Crippen LogP contribution in [0.5, 0.6) is 0 Å². The van der Waals surface area contributed by atoms with Crippen LogP contribution in [0.15, 0.2) is 12.3 Å². The first-order valence-corrected chi connectivity index (χ1v) is 5.26. The Balaban J connectivity index is 2.64. The van der Waals surface area contributed by atoms with Gasteiger partial charge in [-0.1, -0.05) is 0 Å². The predicted molar refractivity (Wildman–Crippen MR) is 62.8 cm³/mol. The van der Waals surface area contributed by atoms with Gasteiger partial charge in [0.05, 0.1) is 11.4 Å². The number of anilines is 1. The van der Waals surface area contributed by atoms with Gasteiger partial charge in [-0.25, -0.2) is 9.97 Å². The van der Waals surface area contributed by atoms with E-state index in [-0.39, 0.29) is 0 Å². The molecule has 2 rings (SSSR count). The van der Waals surface area contributed by atoms with E-state index in [1.54, 1.807) is 6.20 Å². The first-order chi connectivity index (χ1) is 7.63. The summed E-state index contributed by atoms with van der Waals surface area (Å²) in [5.74, 6) is 1.22. The normalized spacial score (nSPS) is 10.7. The van der Waals surface area contributed by atoms with Gasteiger partial charge >= 0.3 is 0 Å². The maximum atomic E-state index is 5.84. The van der Waals surface area contributed by atoms with Gasteiger partial charge in [-0.2, -0.15) is 5.10 Å². The lowest BCUT2D eigenvalue weighted by Crippen LogP contribution is -2.06. The van der Waals surface area contributed by atoms with Crippen molar-refractivity contribution in [2.75, 3.05) is 5.73 Å². The summed E-state index contributed by atoms with van der Waals surface area (Å²) < 4.78 is 1.90. The molecule has 5 heteroatoms. The molecule has 0 amide bonds. The molecule has 0 saturated heterocycles. The number of aryl methyl sites for hydroxylation is 2. The van der Waals surface area contributed by atoms with E-state index < -0.39 is 0 Å². The summed E-state index contributed by atoms with van der Waals surface area (Å²) >= 11 is 0. The fourth-order valence-electron chi connectivity index (χ4n) is 1.69. The molecule has 0 unspecified atom stereocenters. The molecule has 84 valence electrons. The molecule has 2 aromatic rings. The van der Waals surface area contributed by atoms with Gasteiger partial charge in [0.2, 0.25) is 0 Å². The lowest BCUT2D eigenvalue weighted by atomic mass is 10.2. The quantitative estimate of drug-likeness (QED) is 0.828. The van der Waals surface area contributed by atoms with Crippen LogP contribution in [0.4, 0.5) is 5.82 Å². The van der Waals surface area contributed by atoms with Crippen molar-refractivity contribution in [2.24, 2.45) is 0 Å². The average molecular weight is 217 g/mol. The molecule has 0 bridgehead atoms. The van der Waals surface area contributed by atoms with E-state index >= 15 is 0 Å². The lowest BCUT2D eigenvalue weighted by molar-refractivity contribution is 0.665. The van der Waals surface area contributed by atoms with Gasteiger partial charge in [0, 0.05) is 18.3 Å². The number of nitrogens with zero attached hydrogens (tertiary/aromatic N) is 4. The molecular weight excluding hydrogens is 202 g/mol. The number of aromatic nitrogens is 4. The zero-order valence-corrected chi connectivity index (χ0v) is 9.73. The molecule has 5 nitrogen and oxygen atoms in total. The molecule has 0 aromatic carbocycles. The minimum absolute atomic E-state index is 0.534. The SMILES string of the molecule is CCn1nccc1-c1nc(C)nc(N)c1C. The first kappa shape index (κ1) is 10.6. The second-order valence-corrected chi connectivity index (χ2v) is 3.66. The van der Waals surface area contributed by atoms with Gasteiger partial charge in [-0.3, -0.25) is 4.68 Å². The Kier molecular flexibility index (Phi) is 2.60. The van der Waals surface area contributed by atoms with Gasteiger partial charge in [-0.15, -0.1) is 0 Å². The van der Waals surface area contributed by atoms with E-state index in [2.05, 4.69) is 15.1 Å². The average Bonchev–Trinajstić information content (AvgIpc) is 2.71. The first-order valence-electron chi connectivity index (χ1n) is 5.26. The monoisotopic (exact) mass is 217 g/mol. The summed E-state index contributed by atoms with van der Waals surface area (Å²) in [5, 5.41) is 4.23. The Morgan fingerprint density at radius 2 is 2.06 bits per heavy atom. The maximum Gasteiger partial charge on any atom is 0.130 e. The molecule has 0 saturated carbocycles. The summed E-state index contributed by atoms with van der Waals surface area (Å²) in [6, 6.07) is 1.94. The maximum absolute atomic E-state index is 5.84. The number of nitrogen functional groups attached to an aromatic ring is 1. The van der Waals surface area contributed by atoms with Crippen LogP contribution in [-0.2, 0) is 6.54 Å². The smallest absolute Gasteiger partial charge is 0.130 e. The van der Waals surface area contributed by atoms with E-state index in [9.17, 15) is 0 Å². The van der Waals surface area contributed by atoms with E-state index in [0.29, 0.717) is 11.6 Å². The third-order valence-corrected chi connectivity index (χ3v) is 2.55.